The monoisotopic (exact) mass is 305 g/mol. The van der Waals surface area contributed by atoms with Crippen molar-refractivity contribution < 1.29 is 13.5 Å². The van der Waals surface area contributed by atoms with E-state index < -0.39 is 17.7 Å². The van der Waals surface area contributed by atoms with Gasteiger partial charge in [0.05, 0.1) is 4.47 Å². The standard InChI is InChI=1S/C12H14BrF2NO/c13-8-1-2-9(14)10(11(8)15)12(16)7-3-5-17-6-4-7/h1-2,7,12H,3-6,16H2/t12-/m1/s1. The Bertz CT molecular complexity index is 408. The molecule has 1 atom stereocenters. The Morgan fingerprint density at radius 1 is 1.29 bits per heavy atom. The first-order valence-corrected chi connectivity index (χ1v) is 6.37. The van der Waals surface area contributed by atoms with E-state index in [0.717, 1.165) is 12.8 Å². The van der Waals surface area contributed by atoms with Gasteiger partial charge in [0.1, 0.15) is 11.6 Å². The van der Waals surface area contributed by atoms with Crippen LogP contribution in [0.25, 0.3) is 0 Å². The first-order valence-electron chi connectivity index (χ1n) is 5.58. The molecule has 0 aromatic heterocycles. The molecule has 17 heavy (non-hydrogen) atoms. The van der Waals surface area contributed by atoms with Crippen molar-refractivity contribution >= 4 is 15.9 Å². The van der Waals surface area contributed by atoms with Crippen LogP contribution in [0.15, 0.2) is 16.6 Å². The summed E-state index contributed by atoms with van der Waals surface area (Å²) in [5, 5.41) is 0. The fourth-order valence-electron chi connectivity index (χ4n) is 2.16. The molecule has 1 heterocycles. The van der Waals surface area contributed by atoms with E-state index >= 15 is 0 Å². The van der Waals surface area contributed by atoms with Crippen LogP contribution in [0, 0.1) is 17.6 Å². The molecule has 0 amide bonds. The lowest BCUT2D eigenvalue weighted by atomic mass is 9.87. The van der Waals surface area contributed by atoms with Crippen molar-refractivity contribution in [2.75, 3.05) is 13.2 Å². The largest absolute Gasteiger partial charge is 0.381 e. The Morgan fingerprint density at radius 2 is 1.94 bits per heavy atom. The van der Waals surface area contributed by atoms with E-state index in [1.54, 1.807) is 0 Å². The predicted octanol–water partition coefficient (Wildman–Crippen LogP) is 3.15. The van der Waals surface area contributed by atoms with Crippen LogP contribution >= 0.6 is 15.9 Å². The summed E-state index contributed by atoms with van der Waals surface area (Å²) in [4.78, 5) is 0. The maximum atomic E-state index is 13.9. The highest BCUT2D eigenvalue weighted by atomic mass is 79.9. The van der Waals surface area contributed by atoms with Gasteiger partial charge in [-0.3, -0.25) is 0 Å². The average Bonchev–Trinajstić information content (AvgIpc) is 2.35. The summed E-state index contributed by atoms with van der Waals surface area (Å²) >= 11 is 3.05. The van der Waals surface area contributed by atoms with Gasteiger partial charge in [-0.15, -0.1) is 0 Å². The zero-order chi connectivity index (χ0) is 12.4. The smallest absolute Gasteiger partial charge is 0.145 e. The van der Waals surface area contributed by atoms with Gasteiger partial charge in [0.15, 0.2) is 0 Å². The van der Waals surface area contributed by atoms with E-state index in [0.29, 0.717) is 13.2 Å². The van der Waals surface area contributed by atoms with Gasteiger partial charge in [-0.05, 0) is 46.8 Å². The number of rotatable bonds is 2. The van der Waals surface area contributed by atoms with E-state index in [4.69, 9.17) is 10.5 Å². The summed E-state index contributed by atoms with van der Waals surface area (Å²) < 4.78 is 33.0. The molecule has 1 fully saturated rings. The Morgan fingerprint density at radius 3 is 2.59 bits per heavy atom. The Hall–Kier alpha value is -0.520. The number of hydrogen-bond donors (Lipinski definition) is 1. The van der Waals surface area contributed by atoms with E-state index in [9.17, 15) is 8.78 Å². The van der Waals surface area contributed by atoms with Gasteiger partial charge in [0.2, 0.25) is 0 Å². The zero-order valence-electron chi connectivity index (χ0n) is 9.26. The van der Waals surface area contributed by atoms with Crippen LogP contribution in [0.4, 0.5) is 8.78 Å². The normalized spacial score (nSPS) is 19.3. The van der Waals surface area contributed by atoms with Gasteiger partial charge >= 0.3 is 0 Å². The highest BCUT2D eigenvalue weighted by molar-refractivity contribution is 9.10. The Kier molecular flexibility index (Phi) is 4.12. The molecule has 2 nitrogen and oxygen atoms in total. The molecule has 0 radical (unpaired) electrons. The SMILES string of the molecule is N[C@@H](c1c(F)ccc(Br)c1F)C1CCOCC1. The van der Waals surface area contributed by atoms with Crippen LogP contribution in [0.1, 0.15) is 24.4 Å². The topological polar surface area (TPSA) is 35.2 Å². The third-order valence-electron chi connectivity index (χ3n) is 3.19. The van der Waals surface area contributed by atoms with Gasteiger partial charge in [0.25, 0.3) is 0 Å². The number of hydrogen-bond acceptors (Lipinski definition) is 2. The second-order valence-electron chi connectivity index (χ2n) is 4.23. The van der Waals surface area contributed by atoms with Gasteiger partial charge in [-0.25, -0.2) is 8.78 Å². The van der Waals surface area contributed by atoms with E-state index in [1.165, 1.54) is 12.1 Å². The zero-order valence-corrected chi connectivity index (χ0v) is 10.8. The van der Waals surface area contributed by atoms with E-state index in [-0.39, 0.29) is 16.0 Å². The fraction of sp³-hybridized carbons (Fsp3) is 0.500. The maximum Gasteiger partial charge on any atom is 0.145 e. The van der Waals surface area contributed by atoms with Crippen molar-refractivity contribution in [3.8, 4) is 0 Å². The molecule has 0 saturated carbocycles. The highest BCUT2D eigenvalue weighted by Crippen LogP contribution is 2.33. The molecule has 0 unspecified atom stereocenters. The van der Waals surface area contributed by atoms with Gasteiger partial charge in [0, 0.05) is 24.8 Å². The molecular formula is C12H14BrF2NO. The molecule has 94 valence electrons. The fourth-order valence-corrected chi connectivity index (χ4v) is 2.50. The highest BCUT2D eigenvalue weighted by Gasteiger charge is 2.27. The van der Waals surface area contributed by atoms with Gasteiger partial charge < -0.3 is 10.5 Å². The molecule has 0 spiro atoms. The molecule has 0 aliphatic carbocycles. The predicted molar refractivity (Wildman–Crippen MR) is 64.5 cm³/mol. The summed E-state index contributed by atoms with van der Waals surface area (Å²) in [7, 11) is 0. The minimum absolute atomic E-state index is 0.0220. The minimum atomic E-state index is -0.614. The molecule has 1 saturated heterocycles. The van der Waals surface area contributed by atoms with Crippen molar-refractivity contribution in [2.45, 2.75) is 18.9 Å². The summed E-state index contributed by atoms with van der Waals surface area (Å²) in [6.45, 7) is 1.21. The quantitative estimate of drug-likeness (QED) is 0.852. The molecule has 5 heteroatoms. The molecule has 2 N–H and O–H groups in total. The van der Waals surface area contributed by atoms with Crippen LogP contribution in [-0.2, 0) is 4.74 Å². The second kappa shape index (κ2) is 5.42. The Labute approximate surface area is 107 Å². The lowest BCUT2D eigenvalue weighted by Gasteiger charge is -2.28. The summed E-state index contributed by atoms with van der Waals surface area (Å²) in [6.07, 6.45) is 1.49. The lowest BCUT2D eigenvalue weighted by molar-refractivity contribution is 0.0575. The molecule has 1 aliphatic rings. The van der Waals surface area contributed by atoms with Gasteiger partial charge in [-0.2, -0.15) is 0 Å². The first kappa shape index (κ1) is 12.9. The molecule has 1 aliphatic heterocycles. The molecule has 0 bridgehead atoms. The van der Waals surface area contributed by atoms with Crippen LogP contribution in [0.2, 0.25) is 0 Å². The van der Waals surface area contributed by atoms with Crippen molar-refractivity contribution in [3.05, 3.63) is 33.8 Å². The number of halogens is 3. The van der Waals surface area contributed by atoms with Crippen LogP contribution < -0.4 is 5.73 Å². The number of nitrogens with two attached hydrogens (primary N) is 1. The molecule has 2 rings (SSSR count). The van der Waals surface area contributed by atoms with Crippen LogP contribution in [-0.4, -0.2) is 13.2 Å². The molecular weight excluding hydrogens is 292 g/mol. The number of ether oxygens (including phenoxy) is 1. The average molecular weight is 306 g/mol. The molecule has 1 aromatic carbocycles. The van der Waals surface area contributed by atoms with Crippen molar-refractivity contribution in [3.63, 3.8) is 0 Å². The van der Waals surface area contributed by atoms with Crippen LogP contribution in [0.3, 0.4) is 0 Å². The third kappa shape index (κ3) is 2.67. The van der Waals surface area contributed by atoms with Crippen molar-refractivity contribution in [1.82, 2.24) is 0 Å². The van der Waals surface area contributed by atoms with Crippen LogP contribution in [0.5, 0.6) is 0 Å². The third-order valence-corrected chi connectivity index (χ3v) is 3.80. The molecule has 1 aromatic rings. The van der Waals surface area contributed by atoms with E-state index in [1.807, 2.05) is 0 Å². The first-order chi connectivity index (χ1) is 8.11. The van der Waals surface area contributed by atoms with E-state index in [2.05, 4.69) is 15.9 Å². The second-order valence-corrected chi connectivity index (χ2v) is 5.09. The van der Waals surface area contributed by atoms with Gasteiger partial charge in [-0.1, -0.05) is 0 Å². The Balaban J connectivity index is 2.29. The lowest BCUT2D eigenvalue weighted by Crippen LogP contribution is -2.29. The van der Waals surface area contributed by atoms with Crippen molar-refractivity contribution in [2.24, 2.45) is 11.7 Å². The van der Waals surface area contributed by atoms with Crippen molar-refractivity contribution in [1.29, 1.82) is 0 Å². The summed E-state index contributed by atoms with van der Waals surface area (Å²) in [5.74, 6) is -1.10. The maximum absolute atomic E-state index is 13.9. The number of benzene rings is 1. The minimum Gasteiger partial charge on any atom is -0.381 e. The summed E-state index contributed by atoms with van der Waals surface area (Å²) in [6, 6.07) is 1.98. The summed E-state index contributed by atoms with van der Waals surface area (Å²) in [5.41, 5.74) is 5.96.